The summed E-state index contributed by atoms with van der Waals surface area (Å²) in [5.74, 6) is 0. The fourth-order valence-corrected chi connectivity index (χ4v) is 2.47. The van der Waals surface area contributed by atoms with E-state index in [0.29, 0.717) is 0 Å². The molecule has 20 heavy (non-hydrogen) atoms. The molecule has 1 heterocycles. The lowest BCUT2D eigenvalue weighted by molar-refractivity contribution is 0.537. The molecule has 0 spiro atoms. The van der Waals surface area contributed by atoms with Crippen LogP contribution >= 0.6 is 15.9 Å². The van der Waals surface area contributed by atoms with Crippen LogP contribution in [0.4, 0.5) is 0 Å². The first kappa shape index (κ1) is 15.3. The number of hydrogen-bond donors (Lipinski definition) is 0. The van der Waals surface area contributed by atoms with Gasteiger partial charge in [-0.2, -0.15) is 5.10 Å². The Bertz CT molecular complexity index is 613. The maximum atomic E-state index is 4.86. The topological polar surface area (TPSA) is 17.8 Å². The lowest BCUT2D eigenvalue weighted by atomic mass is 9.88. The van der Waals surface area contributed by atoms with Crippen LogP contribution in [-0.4, -0.2) is 9.78 Å². The van der Waals surface area contributed by atoms with Crippen LogP contribution in [0.1, 0.15) is 52.9 Å². The van der Waals surface area contributed by atoms with Crippen molar-refractivity contribution in [1.29, 1.82) is 0 Å². The van der Waals surface area contributed by atoms with Crippen LogP contribution in [0.2, 0.25) is 0 Å². The van der Waals surface area contributed by atoms with Gasteiger partial charge < -0.3 is 0 Å². The Morgan fingerprint density at radius 3 is 2.10 bits per heavy atom. The molecule has 0 unspecified atom stereocenters. The van der Waals surface area contributed by atoms with Gasteiger partial charge in [0.2, 0.25) is 0 Å². The molecule has 2 aromatic rings. The molecule has 0 aliphatic heterocycles. The Hall–Kier alpha value is -1.09. The lowest BCUT2D eigenvalue weighted by Gasteiger charge is -2.20. The number of aromatic nitrogens is 2. The highest BCUT2D eigenvalue weighted by molar-refractivity contribution is 9.10. The minimum Gasteiger partial charge on any atom is -0.237 e. The minimum absolute atomic E-state index is 0.0528. The van der Waals surface area contributed by atoms with Crippen LogP contribution in [0, 0.1) is 0 Å². The van der Waals surface area contributed by atoms with Gasteiger partial charge in [0.05, 0.1) is 11.4 Å². The number of benzene rings is 1. The minimum atomic E-state index is 0.0528. The van der Waals surface area contributed by atoms with E-state index in [1.54, 1.807) is 0 Å². The van der Waals surface area contributed by atoms with Crippen molar-refractivity contribution in [2.45, 2.75) is 52.4 Å². The van der Waals surface area contributed by atoms with Gasteiger partial charge >= 0.3 is 0 Å². The number of rotatable bonds is 1. The molecule has 0 aliphatic carbocycles. The predicted molar refractivity (Wildman–Crippen MR) is 88.7 cm³/mol. The second-order valence-electron chi connectivity index (χ2n) is 7.31. The highest BCUT2D eigenvalue weighted by Gasteiger charge is 2.26. The third-order valence-electron chi connectivity index (χ3n) is 3.30. The average Bonchev–Trinajstić information content (AvgIpc) is 2.72. The second kappa shape index (κ2) is 5.03. The van der Waals surface area contributed by atoms with Crippen LogP contribution < -0.4 is 0 Å². The first-order valence-corrected chi connectivity index (χ1v) is 7.75. The van der Waals surface area contributed by atoms with E-state index in [9.17, 15) is 0 Å². The van der Waals surface area contributed by atoms with Crippen molar-refractivity contribution in [1.82, 2.24) is 9.78 Å². The molecule has 0 amide bonds. The Labute approximate surface area is 130 Å². The molecule has 0 atom stereocenters. The van der Waals surface area contributed by atoms with E-state index >= 15 is 0 Å². The first-order valence-electron chi connectivity index (χ1n) is 6.96. The normalized spacial score (nSPS) is 12.8. The summed E-state index contributed by atoms with van der Waals surface area (Å²) in [5, 5.41) is 4.86. The zero-order chi connectivity index (χ0) is 15.1. The van der Waals surface area contributed by atoms with Crippen LogP contribution in [0.3, 0.4) is 0 Å². The van der Waals surface area contributed by atoms with Gasteiger partial charge in [-0.25, -0.2) is 4.68 Å². The predicted octanol–water partition coefficient (Wildman–Crippen LogP) is 5.23. The number of hydrogen-bond acceptors (Lipinski definition) is 1. The highest BCUT2D eigenvalue weighted by Crippen LogP contribution is 2.30. The van der Waals surface area contributed by atoms with E-state index < -0.39 is 0 Å². The molecule has 0 bridgehead atoms. The summed E-state index contributed by atoms with van der Waals surface area (Å²) in [6.45, 7) is 13.3. The molecule has 2 rings (SSSR count). The fourth-order valence-electron chi connectivity index (χ4n) is 2.09. The quantitative estimate of drug-likeness (QED) is 0.698. The molecule has 0 aliphatic rings. The Morgan fingerprint density at radius 2 is 1.60 bits per heavy atom. The van der Waals surface area contributed by atoms with E-state index in [1.807, 2.05) is 12.1 Å². The summed E-state index contributed by atoms with van der Waals surface area (Å²) in [7, 11) is 0. The molecular formula is C17H23BrN2. The largest absolute Gasteiger partial charge is 0.237 e. The zero-order valence-electron chi connectivity index (χ0n) is 13.2. The van der Waals surface area contributed by atoms with Crippen LogP contribution in [0.5, 0.6) is 0 Å². The molecule has 0 saturated carbocycles. The maximum Gasteiger partial charge on any atom is 0.0685 e. The molecule has 1 aromatic carbocycles. The zero-order valence-corrected chi connectivity index (χ0v) is 14.7. The molecule has 3 heteroatoms. The smallest absolute Gasteiger partial charge is 0.0685 e. The lowest BCUT2D eigenvalue weighted by Crippen LogP contribution is -2.17. The van der Waals surface area contributed by atoms with Crippen LogP contribution in [-0.2, 0) is 10.8 Å². The van der Waals surface area contributed by atoms with Crippen molar-refractivity contribution in [3.8, 4) is 5.69 Å². The monoisotopic (exact) mass is 334 g/mol. The summed E-state index contributed by atoms with van der Waals surface area (Å²) in [6.07, 6.45) is 0. The summed E-state index contributed by atoms with van der Waals surface area (Å²) in [5.41, 5.74) is 3.57. The van der Waals surface area contributed by atoms with Crippen molar-refractivity contribution in [2.24, 2.45) is 0 Å². The molecule has 2 nitrogen and oxygen atoms in total. The van der Waals surface area contributed by atoms with Gasteiger partial charge in [0, 0.05) is 21.0 Å². The molecule has 0 saturated heterocycles. The third kappa shape index (κ3) is 3.14. The van der Waals surface area contributed by atoms with E-state index in [-0.39, 0.29) is 10.8 Å². The number of nitrogens with zero attached hydrogens (tertiary/aromatic N) is 2. The van der Waals surface area contributed by atoms with Gasteiger partial charge in [-0.3, -0.25) is 0 Å². The summed E-state index contributed by atoms with van der Waals surface area (Å²) < 4.78 is 3.15. The van der Waals surface area contributed by atoms with Gasteiger partial charge in [0.25, 0.3) is 0 Å². The van der Waals surface area contributed by atoms with Crippen LogP contribution in [0.15, 0.2) is 34.8 Å². The first-order chi connectivity index (χ1) is 9.09. The van der Waals surface area contributed by atoms with E-state index in [4.69, 9.17) is 5.10 Å². The maximum absolute atomic E-state index is 4.86. The molecule has 0 radical (unpaired) electrons. The van der Waals surface area contributed by atoms with Gasteiger partial charge in [-0.05, 0) is 24.3 Å². The van der Waals surface area contributed by atoms with Gasteiger partial charge in [-0.15, -0.1) is 0 Å². The average molecular weight is 335 g/mol. The molecule has 0 fully saturated rings. The van der Waals surface area contributed by atoms with Crippen molar-refractivity contribution in [3.63, 3.8) is 0 Å². The van der Waals surface area contributed by atoms with E-state index in [1.165, 1.54) is 5.69 Å². The van der Waals surface area contributed by atoms with Crippen molar-refractivity contribution in [2.75, 3.05) is 0 Å². The molecular weight excluding hydrogens is 312 g/mol. The van der Waals surface area contributed by atoms with Gasteiger partial charge in [-0.1, -0.05) is 63.5 Å². The fraction of sp³-hybridized carbons (Fsp3) is 0.471. The Kier molecular flexibility index (Phi) is 3.85. The third-order valence-corrected chi connectivity index (χ3v) is 3.79. The van der Waals surface area contributed by atoms with Gasteiger partial charge in [0.15, 0.2) is 0 Å². The summed E-state index contributed by atoms with van der Waals surface area (Å²) in [4.78, 5) is 0. The van der Waals surface area contributed by atoms with Gasteiger partial charge in [0.1, 0.15) is 0 Å². The van der Waals surface area contributed by atoms with Crippen molar-refractivity contribution < 1.29 is 0 Å². The van der Waals surface area contributed by atoms with Crippen LogP contribution in [0.25, 0.3) is 5.69 Å². The highest BCUT2D eigenvalue weighted by atomic mass is 79.9. The Morgan fingerprint density at radius 1 is 0.950 bits per heavy atom. The second-order valence-corrected chi connectivity index (χ2v) is 8.22. The van der Waals surface area contributed by atoms with E-state index in [2.05, 4.69) is 80.4 Å². The van der Waals surface area contributed by atoms with Crippen molar-refractivity contribution >= 4 is 15.9 Å². The summed E-state index contributed by atoms with van der Waals surface area (Å²) >= 11 is 3.54. The SMILES string of the molecule is CC(C)(C)c1cc(C(C)(C)C)n(-c2cccc(Br)c2)n1. The molecule has 108 valence electrons. The van der Waals surface area contributed by atoms with Crippen molar-refractivity contribution in [3.05, 3.63) is 46.2 Å². The molecule has 1 aromatic heterocycles. The summed E-state index contributed by atoms with van der Waals surface area (Å²) in [6, 6.07) is 10.5. The Balaban J connectivity index is 2.65. The van der Waals surface area contributed by atoms with E-state index in [0.717, 1.165) is 15.9 Å². The number of halogens is 1. The standard InChI is InChI=1S/C17H23BrN2/c1-16(2,3)14-11-15(17(4,5)6)20(19-14)13-9-7-8-12(18)10-13/h7-11H,1-6H3. The molecule has 0 N–H and O–H groups in total.